The van der Waals surface area contributed by atoms with Gasteiger partial charge in [0, 0.05) is 34.8 Å². The number of carbonyl (C=O) groups excluding carboxylic acids is 2. The zero-order valence-corrected chi connectivity index (χ0v) is 17.4. The van der Waals surface area contributed by atoms with Gasteiger partial charge in [-0.05, 0) is 39.2 Å². The molecule has 4 rings (SSSR count). The molecule has 1 aliphatic rings. The Bertz CT molecular complexity index is 1180. The molecule has 7 heteroatoms. The van der Waals surface area contributed by atoms with Crippen LogP contribution in [0.4, 0.5) is 4.39 Å². The van der Waals surface area contributed by atoms with Crippen molar-refractivity contribution >= 4 is 28.4 Å². The summed E-state index contributed by atoms with van der Waals surface area (Å²) in [5, 5.41) is 11.9. The molecular weight excluding hydrogens is 397 g/mol. The van der Waals surface area contributed by atoms with Crippen molar-refractivity contribution in [1.29, 1.82) is 0 Å². The fourth-order valence-electron chi connectivity index (χ4n) is 4.10. The predicted molar refractivity (Wildman–Crippen MR) is 117 cm³/mol. The van der Waals surface area contributed by atoms with Crippen LogP contribution in [0.15, 0.2) is 60.3 Å². The van der Waals surface area contributed by atoms with Crippen molar-refractivity contribution in [3.8, 4) is 0 Å². The number of para-hydroxylation sites is 1. The first kappa shape index (κ1) is 20.8. The summed E-state index contributed by atoms with van der Waals surface area (Å²) in [5.74, 6) is -2.37. The van der Waals surface area contributed by atoms with Crippen LogP contribution in [-0.4, -0.2) is 58.8 Å². The molecule has 0 aliphatic carbocycles. The number of likely N-dealkylation sites (tertiary alicyclic amines) is 1. The predicted octanol–water partition coefficient (Wildman–Crippen LogP) is 3.68. The van der Waals surface area contributed by atoms with Gasteiger partial charge in [-0.25, -0.2) is 4.39 Å². The second-order valence-corrected chi connectivity index (χ2v) is 7.92. The fraction of sp³-hybridized carbons (Fsp3) is 0.250. The molecule has 0 saturated carbocycles. The summed E-state index contributed by atoms with van der Waals surface area (Å²) < 4.78 is 14.8. The van der Waals surface area contributed by atoms with Crippen LogP contribution in [0.3, 0.4) is 0 Å². The maximum absolute atomic E-state index is 14.8. The van der Waals surface area contributed by atoms with Gasteiger partial charge in [-0.2, -0.15) is 0 Å². The molecule has 3 aromatic rings. The van der Waals surface area contributed by atoms with Crippen LogP contribution in [0.5, 0.6) is 0 Å². The molecule has 0 radical (unpaired) electrons. The number of nitrogens with one attached hydrogen (secondary N) is 1. The van der Waals surface area contributed by atoms with E-state index in [1.165, 1.54) is 11.0 Å². The van der Waals surface area contributed by atoms with Gasteiger partial charge in [0.2, 0.25) is 0 Å². The Morgan fingerprint density at radius 3 is 2.58 bits per heavy atom. The molecule has 1 aromatic heterocycles. The topological polar surface area (TPSA) is 76.6 Å². The lowest BCUT2D eigenvalue weighted by Gasteiger charge is -2.26. The minimum absolute atomic E-state index is 0.0929. The number of ketones is 1. The number of nitrogens with zero attached hydrogens (tertiary/aromatic N) is 2. The van der Waals surface area contributed by atoms with E-state index in [1.807, 2.05) is 43.3 Å². The van der Waals surface area contributed by atoms with Gasteiger partial charge in [-0.15, -0.1) is 0 Å². The molecule has 2 heterocycles. The third kappa shape index (κ3) is 3.72. The number of Topliss-reactive ketones (excluding diaryl/α,β-unsaturated/α-hetero) is 1. The second kappa shape index (κ2) is 8.35. The van der Waals surface area contributed by atoms with E-state index in [2.05, 4.69) is 4.98 Å². The van der Waals surface area contributed by atoms with Crippen molar-refractivity contribution in [2.24, 2.45) is 0 Å². The summed E-state index contributed by atoms with van der Waals surface area (Å²) in [7, 11) is 3.83. The number of aliphatic hydroxyl groups is 1. The molecule has 2 aromatic carbocycles. The first-order valence-electron chi connectivity index (χ1n) is 10.1. The number of hydrogen-bond donors (Lipinski definition) is 2. The lowest BCUT2D eigenvalue weighted by atomic mass is 9.94. The van der Waals surface area contributed by atoms with E-state index in [0.29, 0.717) is 23.9 Å². The van der Waals surface area contributed by atoms with Crippen LogP contribution in [0, 0.1) is 5.82 Å². The number of rotatable bonds is 6. The van der Waals surface area contributed by atoms with E-state index in [4.69, 9.17) is 0 Å². The van der Waals surface area contributed by atoms with Gasteiger partial charge >= 0.3 is 0 Å². The fourth-order valence-corrected chi connectivity index (χ4v) is 4.10. The molecule has 31 heavy (non-hydrogen) atoms. The molecule has 1 atom stereocenters. The largest absolute Gasteiger partial charge is 0.507 e. The van der Waals surface area contributed by atoms with Crippen molar-refractivity contribution < 1.29 is 19.1 Å². The van der Waals surface area contributed by atoms with E-state index >= 15 is 0 Å². The summed E-state index contributed by atoms with van der Waals surface area (Å²) in [6.07, 6.45) is 2.20. The number of amides is 1. The number of halogens is 1. The maximum atomic E-state index is 14.8. The second-order valence-electron chi connectivity index (χ2n) is 7.92. The Balaban J connectivity index is 1.86. The van der Waals surface area contributed by atoms with Gasteiger partial charge in [0.15, 0.2) is 0 Å². The van der Waals surface area contributed by atoms with Gasteiger partial charge in [-0.1, -0.05) is 36.4 Å². The van der Waals surface area contributed by atoms with E-state index in [9.17, 15) is 19.1 Å². The van der Waals surface area contributed by atoms with Crippen LogP contribution >= 0.6 is 0 Å². The lowest BCUT2D eigenvalue weighted by Crippen LogP contribution is -2.32. The van der Waals surface area contributed by atoms with Gasteiger partial charge in [0.25, 0.3) is 11.7 Å². The number of fused-ring (bicyclic) bond motifs is 1. The summed E-state index contributed by atoms with van der Waals surface area (Å²) in [5.41, 5.74) is 1.28. The average Bonchev–Trinajstić information content (AvgIpc) is 3.28. The van der Waals surface area contributed by atoms with Crippen LogP contribution in [0.25, 0.3) is 16.7 Å². The number of aromatic amines is 1. The molecule has 0 bridgehead atoms. The van der Waals surface area contributed by atoms with E-state index < -0.39 is 23.5 Å². The van der Waals surface area contributed by atoms with Crippen LogP contribution in [-0.2, 0) is 9.59 Å². The Morgan fingerprint density at radius 1 is 1.13 bits per heavy atom. The van der Waals surface area contributed by atoms with Gasteiger partial charge in [0.1, 0.15) is 11.6 Å². The Kier molecular flexibility index (Phi) is 5.61. The first-order valence-corrected chi connectivity index (χ1v) is 10.1. The molecule has 1 unspecified atom stereocenters. The van der Waals surface area contributed by atoms with E-state index in [1.54, 1.807) is 24.4 Å². The van der Waals surface area contributed by atoms with Crippen LogP contribution in [0.2, 0.25) is 0 Å². The van der Waals surface area contributed by atoms with Gasteiger partial charge < -0.3 is 19.9 Å². The molecule has 1 amide bonds. The third-order valence-electron chi connectivity index (χ3n) is 5.59. The van der Waals surface area contributed by atoms with Crippen molar-refractivity contribution in [2.45, 2.75) is 12.5 Å². The molecular formula is C24H24FN3O3. The average molecular weight is 421 g/mol. The molecule has 1 saturated heterocycles. The van der Waals surface area contributed by atoms with E-state index in [0.717, 1.165) is 5.52 Å². The minimum Gasteiger partial charge on any atom is -0.507 e. The molecule has 160 valence electrons. The number of hydrogen-bond acceptors (Lipinski definition) is 4. The zero-order valence-electron chi connectivity index (χ0n) is 17.4. The Hall–Kier alpha value is -3.45. The monoisotopic (exact) mass is 421 g/mol. The SMILES string of the molecule is CN(C)CCCN1C(=O)C(=O)/C(=C(/O)c2c[nH]c3ccccc23)C1c1ccccc1F. The highest BCUT2D eigenvalue weighted by atomic mass is 19.1. The molecule has 0 spiro atoms. The lowest BCUT2D eigenvalue weighted by molar-refractivity contribution is -0.140. The standard InChI is InChI=1S/C24H24FN3O3/c1-27(2)12-7-13-28-21(16-9-3-5-10-18(16)25)20(23(30)24(28)31)22(29)17-14-26-19-11-6-4-8-15(17)19/h3-6,8-11,14,21,26,29H,7,12-13H2,1-2H3/b22-20+. The molecule has 2 N–H and O–H groups in total. The van der Waals surface area contributed by atoms with E-state index in [-0.39, 0.29) is 23.4 Å². The highest BCUT2D eigenvalue weighted by Crippen LogP contribution is 2.41. The quantitative estimate of drug-likeness (QED) is 0.362. The summed E-state index contributed by atoms with van der Waals surface area (Å²) in [4.78, 5) is 32.3. The van der Waals surface area contributed by atoms with Gasteiger partial charge in [-0.3, -0.25) is 9.59 Å². The highest BCUT2D eigenvalue weighted by molar-refractivity contribution is 6.46. The highest BCUT2D eigenvalue weighted by Gasteiger charge is 2.46. The third-order valence-corrected chi connectivity index (χ3v) is 5.59. The minimum atomic E-state index is -0.989. The number of H-pyrrole nitrogens is 1. The van der Waals surface area contributed by atoms with Crippen molar-refractivity contribution in [3.63, 3.8) is 0 Å². The van der Waals surface area contributed by atoms with Gasteiger partial charge in [0.05, 0.1) is 11.6 Å². The summed E-state index contributed by atoms with van der Waals surface area (Å²) in [6.45, 7) is 0.974. The molecule has 6 nitrogen and oxygen atoms in total. The van der Waals surface area contributed by atoms with Crippen molar-refractivity contribution in [2.75, 3.05) is 27.2 Å². The van der Waals surface area contributed by atoms with Crippen LogP contribution < -0.4 is 0 Å². The first-order chi connectivity index (χ1) is 14.9. The summed E-state index contributed by atoms with van der Waals surface area (Å²) >= 11 is 0. The zero-order chi connectivity index (χ0) is 22.1. The number of aliphatic hydroxyl groups excluding tert-OH is 1. The smallest absolute Gasteiger partial charge is 0.295 e. The Morgan fingerprint density at radius 2 is 1.84 bits per heavy atom. The number of benzene rings is 2. The Labute approximate surface area is 179 Å². The number of aromatic nitrogens is 1. The summed E-state index contributed by atoms with van der Waals surface area (Å²) in [6, 6.07) is 12.4. The normalized spacial score (nSPS) is 18.5. The maximum Gasteiger partial charge on any atom is 0.295 e. The van der Waals surface area contributed by atoms with Crippen molar-refractivity contribution in [1.82, 2.24) is 14.8 Å². The van der Waals surface area contributed by atoms with Crippen LogP contribution in [0.1, 0.15) is 23.6 Å². The molecule has 1 fully saturated rings. The molecule has 1 aliphatic heterocycles. The van der Waals surface area contributed by atoms with Crippen molar-refractivity contribution in [3.05, 3.63) is 77.2 Å². The number of carbonyl (C=O) groups is 2.